The summed E-state index contributed by atoms with van der Waals surface area (Å²) in [5, 5.41) is 3.82. The van der Waals surface area contributed by atoms with Crippen LogP contribution in [0.2, 0.25) is 0 Å². The third-order valence-corrected chi connectivity index (χ3v) is 5.11. The highest BCUT2D eigenvalue weighted by Crippen LogP contribution is 2.51. The number of nitrogens with one attached hydrogen (secondary N) is 1. The van der Waals surface area contributed by atoms with Gasteiger partial charge in [-0.2, -0.15) is 0 Å². The van der Waals surface area contributed by atoms with Gasteiger partial charge in [0, 0.05) is 6.04 Å². The summed E-state index contributed by atoms with van der Waals surface area (Å²) in [6.45, 7) is 1.30. The Hall–Kier alpha value is -0.0400. The molecule has 1 N–H and O–H groups in total. The lowest BCUT2D eigenvalue weighted by atomic mass is 9.60. The maximum absolute atomic E-state index is 3.82. The molecule has 3 aliphatic rings. The van der Waals surface area contributed by atoms with Crippen molar-refractivity contribution in [1.29, 1.82) is 0 Å². The second kappa shape index (κ2) is 3.52. The molecule has 2 aliphatic carbocycles. The van der Waals surface area contributed by atoms with Crippen molar-refractivity contribution < 1.29 is 0 Å². The van der Waals surface area contributed by atoms with Gasteiger partial charge in [-0.15, -0.1) is 0 Å². The molecule has 1 spiro atoms. The third kappa shape index (κ3) is 1.32. The van der Waals surface area contributed by atoms with Crippen LogP contribution in [0.15, 0.2) is 0 Å². The van der Waals surface area contributed by atoms with Gasteiger partial charge in [-0.25, -0.2) is 0 Å². The van der Waals surface area contributed by atoms with Gasteiger partial charge in [0.25, 0.3) is 0 Å². The van der Waals surface area contributed by atoms with Crippen molar-refractivity contribution in [1.82, 2.24) is 5.32 Å². The summed E-state index contributed by atoms with van der Waals surface area (Å²) >= 11 is 0. The molecular weight excluding hydrogens is 170 g/mol. The molecule has 0 radical (unpaired) electrons. The van der Waals surface area contributed by atoms with Crippen LogP contribution in [0, 0.1) is 11.3 Å². The number of fused-ring (bicyclic) bond motifs is 2. The number of rotatable bonds is 0. The number of hydrogen-bond donors (Lipinski definition) is 1. The average Bonchev–Trinajstić information content (AvgIpc) is 2.69. The van der Waals surface area contributed by atoms with E-state index in [9.17, 15) is 0 Å². The Morgan fingerprint density at radius 1 is 0.857 bits per heavy atom. The quantitative estimate of drug-likeness (QED) is 0.623. The first kappa shape index (κ1) is 9.21. The minimum Gasteiger partial charge on any atom is -0.313 e. The van der Waals surface area contributed by atoms with Gasteiger partial charge >= 0.3 is 0 Å². The van der Waals surface area contributed by atoms with E-state index in [1.807, 2.05) is 0 Å². The van der Waals surface area contributed by atoms with Crippen LogP contribution >= 0.6 is 0 Å². The number of hydrogen-bond acceptors (Lipinski definition) is 1. The van der Waals surface area contributed by atoms with Crippen LogP contribution in [0.4, 0.5) is 0 Å². The van der Waals surface area contributed by atoms with Crippen molar-refractivity contribution >= 4 is 0 Å². The molecule has 2 saturated carbocycles. The van der Waals surface area contributed by atoms with Gasteiger partial charge in [-0.3, -0.25) is 0 Å². The summed E-state index contributed by atoms with van der Waals surface area (Å²) in [5.41, 5.74) is 0.748. The topological polar surface area (TPSA) is 12.0 Å². The van der Waals surface area contributed by atoms with Crippen LogP contribution < -0.4 is 5.32 Å². The van der Waals surface area contributed by atoms with Crippen LogP contribution in [0.3, 0.4) is 0 Å². The molecule has 0 aromatic carbocycles. The zero-order chi connectivity index (χ0) is 9.43. The SMILES string of the molecule is C1CCC2(CC1)CCCC1CCNC12. The first-order chi connectivity index (χ1) is 6.91. The monoisotopic (exact) mass is 193 g/mol. The molecule has 2 atom stereocenters. The fourth-order valence-electron chi connectivity index (χ4n) is 4.47. The van der Waals surface area contributed by atoms with Crippen molar-refractivity contribution in [3.63, 3.8) is 0 Å². The maximum Gasteiger partial charge on any atom is 0.0152 e. The second-order valence-corrected chi connectivity index (χ2v) is 5.80. The molecule has 3 rings (SSSR count). The summed E-state index contributed by atoms with van der Waals surface area (Å²) < 4.78 is 0. The standard InChI is InChI=1S/C13H23N/c1-2-7-13(8-3-1)9-4-5-11-6-10-14-12(11)13/h11-12,14H,1-10H2. The molecular formula is C13H23N. The van der Waals surface area contributed by atoms with Crippen molar-refractivity contribution in [2.45, 2.75) is 63.8 Å². The van der Waals surface area contributed by atoms with Gasteiger partial charge in [0.05, 0.1) is 0 Å². The molecule has 3 fully saturated rings. The van der Waals surface area contributed by atoms with E-state index in [-0.39, 0.29) is 0 Å². The van der Waals surface area contributed by atoms with Crippen molar-refractivity contribution in [3.8, 4) is 0 Å². The normalized spacial score (nSPS) is 41.1. The van der Waals surface area contributed by atoms with E-state index in [1.165, 1.54) is 64.3 Å². The minimum atomic E-state index is 0.748. The minimum absolute atomic E-state index is 0.748. The lowest BCUT2D eigenvalue weighted by Gasteiger charge is -2.48. The van der Waals surface area contributed by atoms with Crippen molar-refractivity contribution in [2.24, 2.45) is 11.3 Å². The average molecular weight is 193 g/mol. The van der Waals surface area contributed by atoms with Gasteiger partial charge in [0.1, 0.15) is 0 Å². The Morgan fingerprint density at radius 2 is 1.64 bits per heavy atom. The molecule has 80 valence electrons. The fourth-order valence-corrected chi connectivity index (χ4v) is 4.47. The maximum atomic E-state index is 3.82. The predicted molar refractivity (Wildman–Crippen MR) is 59.3 cm³/mol. The van der Waals surface area contributed by atoms with Crippen molar-refractivity contribution in [2.75, 3.05) is 6.54 Å². The van der Waals surface area contributed by atoms with Gasteiger partial charge in [0.15, 0.2) is 0 Å². The summed E-state index contributed by atoms with van der Waals surface area (Å²) in [4.78, 5) is 0. The van der Waals surface area contributed by atoms with E-state index in [4.69, 9.17) is 0 Å². The predicted octanol–water partition coefficient (Wildman–Crippen LogP) is 3.10. The largest absolute Gasteiger partial charge is 0.313 e. The molecule has 0 amide bonds. The van der Waals surface area contributed by atoms with Crippen LogP contribution in [0.5, 0.6) is 0 Å². The van der Waals surface area contributed by atoms with Gasteiger partial charge in [-0.05, 0) is 50.0 Å². The fraction of sp³-hybridized carbons (Fsp3) is 1.00. The smallest absolute Gasteiger partial charge is 0.0152 e. The lowest BCUT2D eigenvalue weighted by Crippen LogP contribution is -2.48. The Bertz CT molecular complexity index is 200. The molecule has 14 heavy (non-hydrogen) atoms. The zero-order valence-corrected chi connectivity index (χ0v) is 9.23. The zero-order valence-electron chi connectivity index (χ0n) is 9.23. The van der Waals surface area contributed by atoms with E-state index in [2.05, 4.69) is 5.32 Å². The van der Waals surface area contributed by atoms with Gasteiger partial charge in [0.2, 0.25) is 0 Å². The lowest BCUT2D eigenvalue weighted by molar-refractivity contribution is 0.0590. The molecule has 1 nitrogen and oxygen atoms in total. The molecule has 0 aromatic heterocycles. The molecule has 1 aliphatic heterocycles. The molecule has 0 bridgehead atoms. The van der Waals surface area contributed by atoms with E-state index in [0.717, 1.165) is 17.4 Å². The summed E-state index contributed by atoms with van der Waals surface area (Å²) in [6.07, 6.45) is 13.6. The van der Waals surface area contributed by atoms with Crippen LogP contribution in [0.1, 0.15) is 57.8 Å². The van der Waals surface area contributed by atoms with Crippen LogP contribution in [-0.4, -0.2) is 12.6 Å². The molecule has 2 unspecified atom stereocenters. The second-order valence-electron chi connectivity index (χ2n) is 5.80. The first-order valence-electron chi connectivity index (χ1n) is 6.64. The molecule has 1 saturated heterocycles. The van der Waals surface area contributed by atoms with Gasteiger partial charge in [-0.1, -0.05) is 25.7 Å². The van der Waals surface area contributed by atoms with E-state index >= 15 is 0 Å². The molecule has 1 heteroatoms. The Labute approximate surface area is 87.7 Å². The highest BCUT2D eigenvalue weighted by Gasteiger charge is 2.47. The Kier molecular flexibility index (Phi) is 2.31. The Balaban J connectivity index is 1.81. The van der Waals surface area contributed by atoms with Crippen molar-refractivity contribution in [3.05, 3.63) is 0 Å². The summed E-state index contributed by atoms with van der Waals surface area (Å²) in [5.74, 6) is 1.04. The highest BCUT2D eigenvalue weighted by molar-refractivity contribution is 5.02. The van der Waals surface area contributed by atoms with E-state index in [1.54, 1.807) is 0 Å². The van der Waals surface area contributed by atoms with E-state index in [0.29, 0.717) is 0 Å². The first-order valence-corrected chi connectivity index (χ1v) is 6.64. The molecule has 1 heterocycles. The summed E-state index contributed by atoms with van der Waals surface area (Å²) in [7, 11) is 0. The summed E-state index contributed by atoms with van der Waals surface area (Å²) in [6, 6.07) is 0.913. The van der Waals surface area contributed by atoms with Gasteiger partial charge < -0.3 is 5.32 Å². The molecule has 0 aromatic rings. The van der Waals surface area contributed by atoms with Crippen LogP contribution in [0.25, 0.3) is 0 Å². The van der Waals surface area contributed by atoms with E-state index < -0.39 is 0 Å². The third-order valence-electron chi connectivity index (χ3n) is 5.11. The Morgan fingerprint density at radius 3 is 2.50 bits per heavy atom. The van der Waals surface area contributed by atoms with Crippen LogP contribution in [-0.2, 0) is 0 Å². The highest BCUT2D eigenvalue weighted by atomic mass is 15.0.